The van der Waals surface area contributed by atoms with E-state index in [4.69, 9.17) is 0 Å². The first-order valence-electron chi connectivity index (χ1n) is 3.12. The first-order valence-corrected chi connectivity index (χ1v) is 3.12. The van der Waals surface area contributed by atoms with E-state index in [1.54, 1.807) is 0 Å². The van der Waals surface area contributed by atoms with Gasteiger partial charge in [-0.25, -0.2) is 4.68 Å². The molecule has 0 unspecified atom stereocenters. The van der Waals surface area contributed by atoms with E-state index in [-0.39, 0.29) is 0 Å². The van der Waals surface area contributed by atoms with E-state index in [9.17, 15) is 0 Å². The molecule has 0 bridgehead atoms. The van der Waals surface area contributed by atoms with Gasteiger partial charge in [-0.15, -0.1) is 5.10 Å². The fourth-order valence-corrected chi connectivity index (χ4v) is 0.895. The highest BCUT2D eigenvalue weighted by Gasteiger charge is 2.26. The van der Waals surface area contributed by atoms with Gasteiger partial charge in [0.15, 0.2) is 0 Å². The summed E-state index contributed by atoms with van der Waals surface area (Å²) in [5, 5.41) is 11.2. The summed E-state index contributed by atoms with van der Waals surface area (Å²) in [7, 11) is 0. The van der Waals surface area contributed by atoms with E-state index in [2.05, 4.69) is 15.5 Å². The van der Waals surface area contributed by atoms with Gasteiger partial charge in [-0.2, -0.15) is 0 Å². The summed E-state index contributed by atoms with van der Waals surface area (Å²) in [5.74, 6) is 0.928. The molecule has 0 amide bonds. The van der Waals surface area contributed by atoms with Crippen molar-refractivity contribution < 1.29 is 0 Å². The number of aryl methyl sites for hydroxylation is 1. The predicted octanol–water partition coefficient (Wildman–Crippen LogP) is 0.316. The molecule has 0 saturated heterocycles. The number of rotatable bonds is 1. The van der Waals surface area contributed by atoms with E-state index in [1.165, 1.54) is 12.8 Å². The molecule has 1 aromatic rings. The van der Waals surface area contributed by atoms with Crippen molar-refractivity contribution in [3.63, 3.8) is 0 Å². The van der Waals surface area contributed by atoms with Crippen molar-refractivity contribution >= 4 is 0 Å². The standard InChI is InChI=1S/C5H8N4/c1-4-6-7-8-9(4)5-2-3-5/h5H,2-3H2,1H3. The number of nitrogens with zero attached hydrogens (tertiary/aromatic N) is 4. The second-order valence-electron chi connectivity index (χ2n) is 2.40. The van der Waals surface area contributed by atoms with Gasteiger partial charge < -0.3 is 0 Å². The van der Waals surface area contributed by atoms with E-state index < -0.39 is 0 Å². The molecule has 0 atom stereocenters. The largest absolute Gasteiger partial charge is 0.227 e. The van der Waals surface area contributed by atoms with Gasteiger partial charge in [0.1, 0.15) is 5.82 Å². The summed E-state index contributed by atoms with van der Waals surface area (Å²) < 4.78 is 1.89. The summed E-state index contributed by atoms with van der Waals surface area (Å²) in [6.45, 7) is 1.93. The van der Waals surface area contributed by atoms with Gasteiger partial charge in [0.05, 0.1) is 6.04 Å². The van der Waals surface area contributed by atoms with Crippen LogP contribution in [0, 0.1) is 6.92 Å². The number of tetrazole rings is 1. The maximum atomic E-state index is 3.83. The van der Waals surface area contributed by atoms with Gasteiger partial charge in [-0.1, -0.05) is 0 Å². The van der Waals surface area contributed by atoms with Crippen molar-refractivity contribution in [2.45, 2.75) is 25.8 Å². The molecule has 0 aromatic carbocycles. The zero-order chi connectivity index (χ0) is 6.27. The molecule has 2 rings (SSSR count). The summed E-state index contributed by atoms with van der Waals surface area (Å²) in [4.78, 5) is 0. The van der Waals surface area contributed by atoms with Crippen molar-refractivity contribution in [2.24, 2.45) is 0 Å². The molecule has 4 heteroatoms. The summed E-state index contributed by atoms with van der Waals surface area (Å²) in [6, 6.07) is 0.611. The molecule has 0 spiro atoms. The third-order valence-corrected chi connectivity index (χ3v) is 1.55. The molecule has 1 aliphatic carbocycles. The summed E-state index contributed by atoms with van der Waals surface area (Å²) in [6.07, 6.45) is 2.48. The smallest absolute Gasteiger partial charge is 0.148 e. The Labute approximate surface area is 52.9 Å². The van der Waals surface area contributed by atoms with Gasteiger partial charge >= 0.3 is 0 Å². The van der Waals surface area contributed by atoms with Gasteiger partial charge in [0.25, 0.3) is 0 Å². The van der Waals surface area contributed by atoms with Crippen molar-refractivity contribution in [1.29, 1.82) is 0 Å². The second kappa shape index (κ2) is 1.52. The van der Waals surface area contributed by atoms with Crippen molar-refractivity contribution in [1.82, 2.24) is 20.2 Å². The van der Waals surface area contributed by atoms with Crippen LogP contribution in [0.5, 0.6) is 0 Å². The molecular weight excluding hydrogens is 116 g/mol. The van der Waals surface area contributed by atoms with Crippen molar-refractivity contribution in [3.05, 3.63) is 5.82 Å². The maximum absolute atomic E-state index is 3.83. The molecule has 0 aliphatic heterocycles. The zero-order valence-electron chi connectivity index (χ0n) is 5.28. The number of hydrogen-bond donors (Lipinski definition) is 0. The quantitative estimate of drug-likeness (QED) is 0.541. The fourth-order valence-electron chi connectivity index (χ4n) is 0.895. The van der Waals surface area contributed by atoms with Crippen LogP contribution in [0.4, 0.5) is 0 Å². The van der Waals surface area contributed by atoms with Gasteiger partial charge in [0.2, 0.25) is 0 Å². The Hall–Kier alpha value is -0.930. The number of hydrogen-bond acceptors (Lipinski definition) is 3. The molecule has 1 fully saturated rings. The third kappa shape index (κ3) is 0.704. The molecule has 48 valence electrons. The summed E-state index contributed by atoms with van der Waals surface area (Å²) >= 11 is 0. The molecule has 1 heterocycles. The minimum atomic E-state index is 0.611. The van der Waals surface area contributed by atoms with Crippen LogP contribution in [0.3, 0.4) is 0 Å². The lowest BCUT2D eigenvalue weighted by atomic mass is 10.6. The van der Waals surface area contributed by atoms with Crippen molar-refractivity contribution in [3.8, 4) is 0 Å². The van der Waals surface area contributed by atoms with E-state index in [0.717, 1.165) is 5.82 Å². The third-order valence-electron chi connectivity index (χ3n) is 1.55. The molecule has 1 aromatic heterocycles. The Morgan fingerprint density at radius 2 is 2.33 bits per heavy atom. The fraction of sp³-hybridized carbons (Fsp3) is 0.800. The normalized spacial score (nSPS) is 18.3. The highest BCUT2D eigenvalue weighted by atomic mass is 15.6. The van der Waals surface area contributed by atoms with Crippen LogP contribution < -0.4 is 0 Å². The highest BCUT2D eigenvalue weighted by Crippen LogP contribution is 2.33. The molecule has 4 nitrogen and oxygen atoms in total. The first kappa shape index (κ1) is 4.90. The Kier molecular flexibility index (Phi) is 0.831. The van der Waals surface area contributed by atoms with E-state index in [0.29, 0.717) is 6.04 Å². The number of aromatic nitrogens is 4. The van der Waals surface area contributed by atoms with E-state index >= 15 is 0 Å². The minimum absolute atomic E-state index is 0.611. The van der Waals surface area contributed by atoms with Crippen LogP contribution in [0.25, 0.3) is 0 Å². The molecule has 0 radical (unpaired) electrons. The molecule has 1 saturated carbocycles. The van der Waals surface area contributed by atoms with Crippen LogP contribution in [0.1, 0.15) is 24.7 Å². The molecule has 9 heavy (non-hydrogen) atoms. The van der Waals surface area contributed by atoms with Gasteiger partial charge in [-0.05, 0) is 30.2 Å². The van der Waals surface area contributed by atoms with E-state index in [1.807, 2.05) is 11.6 Å². The summed E-state index contributed by atoms with van der Waals surface area (Å²) in [5.41, 5.74) is 0. The lowest BCUT2D eigenvalue weighted by Gasteiger charge is -1.93. The molecule has 0 N–H and O–H groups in total. The lowest BCUT2D eigenvalue weighted by molar-refractivity contribution is 0.595. The van der Waals surface area contributed by atoms with Gasteiger partial charge in [0, 0.05) is 0 Å². The predicted molar refractivity (Wildman–Crippen MR) is 30.8 cm³/mol. The van der Waals surface area contributed by atoms with Gasteiger partial charge in [-0.3, -0.25) is 0 Å². The maximum Gasteiger partial charge on any atom is 0.148 e. The highest BCUT2D eigenvalue weighted by molar-refractivity contribution is 4.86. The van der Waals surface area contributed by atoms with Crippen LogP contribution >= 0.6 is 0 Å². The monoisotopic (exact) mass is 124 g/mol. The topological polar surface area (TPSA) is 43.6 Å². The first-order chi connectivity index (χ1) is 4.38. The molecular formula is C5H8N4. The van der Waals surface area contributed by atoms with Crippen LogP contribution in [0.15, 0.2) is 0 Å². The zero-order valence-corrected chi connectivity index (χ0v) is 5.28. The average Bonchev–Trinajstić information content (AvgIpc) is 2.58. The Morgan fingerprint density at radius 3 is 2.78 bits per heavy atom. The SMILES string of the molecule is Cc1nnnn1C1CC1. The van der Waals surface area contributed by atoms with Crippen LogP contribution in [-0.2, 0) is 0 Å². The van der Waals surface area contributed by atoms with Crippen LogP contribution in [0.2, 0.25) is 0 Å². The second-order valence-corrected chi connectivity index (χ2v) is 2.40. The average molecular weight is 124 g/mol. The van der Waals surface area contributed by atoms with Crippen molar-refractivity contribution in [2.75, 3.05) is 0 Å². The Balaban J connectivity index is 2.35. The Morgan fingerprint density at radius 1 is 1.56 bits per heavy atom. The minimum Gasteiger partial charge on any atom is -0.227 e. The molecule has 1 aliphatic rings. The lowest BCUT2D eigenvalue weighted by Crippen LogP contribution is -1.98. The van der Waals surface area contributed by atoms with Crippen LogP contribution in [-0.4, -0.2) is 20.2 Å². The Bertz CT molecular complexity index is 212.